The fourth-order valence-electron chi connectivity index (χ4n) is 2.84. The molecule has 0 aliphatic rings. The number of methoxy groups -OCH3 is 1. The molecule has 3 aromatic rings. The number of carbonyl (C=O) groups is 1. The highest BCUT2D eigenvalue weighted by Crippen LogP contribution is 2.23. The lowest BCUT2D eigenvalue weighted by Crippen LogP contribution is -2.06. The van der Waals surface area contributed by atoms with Gasteiger partial charge in [-0.25, -0.2) is 4.79 Å². The Hall–Kier alpha value is -3.21. The van der Waals surface area contributed by atoms with Crippen molar-refractivity contribution in [3.05, 3.63) is 82.9 Å². The molecule has 0 radical (unpaired) electrons. The van der Waals surface area contributed by atoms with Gasteiger partial charge in [-0.1, -0.05) is 36.4 Å². The van der Waals surface area contributed by atoms with E-state index in [-0.39, 0.29) is 0 Å². The molecule has 0 aliphatic carbocycles. The normalized spacial score (nSPS) is 11.4. The molecule has 0 spiro atoms. The third kappa shape index (κ3) is 3.72. The number of carbonyl (C=O) groups excluding carboxylic acids is 1. The predicted octanol–water partition coefficient (Wildman–Crippen LogP) is 3.66. The summed E-state index contributed by atoms with van der Waals surface area (Å²) in [6, 6.07) is 15.6. The van der Waals surface area contributed by atoms with Crippen LogP contribution in [0, 0.1) is 13.8 Å². The number of benzene rings is 1. The van der Waals surface area contributed by atoms with Gasteiger partial charge in [-0.3, -0.25) is 9.67 Å². The number of aromatic nitrogens is 3. The highest BCUT2D eigenvalue weighted by molar-refractivity contribution is 6.21. The van der Waals surface area contributed by atoms with Gasteiger partial charge in [0.1, 0.15) is 0 Å². The molecule has 0 bridgehead atoms. The molecule has 0 atom stereocenters. The van der Waals surface area contributed by atoms with Gasteiger partial charge in [0.05, 0.1) is 30.6 Å². The third-order valence-electron chi connectivity index (χ3n) is 4.25. The van der Waals surface area contributed by atoms with Gasteiger partial charge in [0.2, 0.25) is 0 Å². The first-order valence-corrected chi connectivity index (χ1v) is 8.39. The Kier molecular flexibility index (Phi) is 5.27. The number of hydrogen-bond donors (Lipinski definition) is 0. The van der Waals surface area contributed by atoms with Crippen LogP contribution >= 0.6 is 0 Å². The smallest absolute Gasteiger partial charge is 0.340 e. The lowest BCUT2D eigenvalue weighted by atomic mass is 10.1. The Bertz CT molecular complexity index is 929. The van der Waals surface area contributed by atoms with Crippen molar-refractivity contribution < 1.29 is 9.53 Å². The Morgan fingerprint density at radius 2 is 1.85 bits per heavy atom. The summed E-state index contributed by atoms with van der Waals surface area (Å²) >= 11 is 0. The van der Waals surface area contributed by atoms with Crippen LogP contribution in [0.4, 0.5) is 0 Å². The summed E-state index contributed by atoms with van der Waals surface area (Å²) in [5, 5.41) is 4.64. The van der Waals surface area contributed by atoms with Crippen LogP contribution in [0.3, 0.4) is 0 Å². The van der Waals surface area contributed by atoms with E-state index < -0.39 is 5.97 Å². The third-order valence-corrected chi connectivity index (χ3v) is 4.25. The molecule has 0 aliphatic heterocycles. The zero-order valence-electron chi connectivity index (χ0n) is 15.1. The molecule has 3 rings (SSSR count). The van der Waals surface area contributed by atoms with E-state index in [1.54, 1.807) is 12.3 Å². The van der Waals surface area contributed by atoms with E-state index in [0.29, 0.717) is 17.8 Å². The van der Waals surface area contributed by atoms with Crippen LogP contribution in [0.15, 0.2) is 54.7 Å². The van der Waals surface area contributed by atoms with E-state index in [1.807, 2.05) is 54.9 Å². The second-order valence-corrected chi connectivity index (χ2v) is 5.99. The SMILES string of the molecule is COC(=O)/C(=C/c1c(C)nn(Cc2ccccc2)c1C)c1ccccn1. The van der Waals surface area contributed by atoms with Gasteiger partial charge < -0.3 is 4.74 Å². The molecule has 1 aromatic carbocycles. The number of hydrogen-bond acceptors (Lipinski definition) is 4. The van der Waals surface area contributed by atoms with E-state index in [4.69, 9.17) is 4.74 Å². The minimum atomic E-state index is -0.418. The second-order valence-electron chi connectivity index (χ2n) is 5.99. The molecular formula is C21H21N3O2. The van der Waals surface area contributed by atoms with Crippen molar-refractivity contribution in [1.82, 2.24) is 14.8 Å². The second kappa shape index (κ2) is 7.78. The number of aryl methyl sites for hydroxylation is 1. The van der Waals surface area contributed by atoms with Gasteiger partial charge in [0, 0.05) is 17.5 Å². The maximum absolute atomic E-state index is 12.3. The van der Waals surface area contributed by atoms with Crippen molar-refractivity contribution in [3.8, 4) is 0 Å². The minimum absolute atomic E-state index is 0.415. The Morgan fingerprint density at radius 1 is 1.12 bits per heavy atom. The number of ether oxygens (including phenoxy) is 1. The van der Waals surface area contributed by atoms with Crippen LogP contribution in [-0.2, 0) is 16.1 Å². The van der Waals surface area contributed by atoms with Crippen molar-refractivity contribution in [3.63, 3.8) is 0 Å². The molecule has 2 heterocycles. The van der Waals surface area contributed by atoms with Crippen LogP contribution in [0.25, 0.3) is 11.6 Å². The summed E-state index contributed by atoms with van der Waals surface area (Å²) in [5.41, 5.74) is 4.92. The van der Waals surface area contributed by atoms with Crippen molar-refractivity contribution in [2.75, 3.05) is 7.11 Å². The van der Waals surface area contributed by atoms with Crippen LogP contribution in [0.1, 0.15) is 28.2 Å². The van der Waals surface area contributed by atoms with E-state index >= 15 is 0 Å². The quantitative estimate of drug-likeness (QED) is 0.522. The van der Waals surface area contributed by atoms with E-state index in [2.05, 4.69) is 22.2 Å². The van der Waals surface area contributed by atoms with Gasteiger partial charge in [0.25, 0.3) is 0 Å². The van der Waals surface area contributed by atoms with Crippen LogP contribution < -0.4 is 0 Å². The zero-order valence-corrected chi connectivity index (χ0v) is 15.1. The first kappa shape index (κ1) is 17.6. The number of pyridine rings is 1. The summed E-state index contributed by atoms with van der Waals surface area (Å²) < 4.78 is 6.89. The number of esters is 1. The van der Waals surface area contributed by atoms with Crippen molar-refractivity contribution in [2.45, 2.75) is 20.4 Å². The highest BCUT2D eigenvalue weighted by Gasteiger charge is 2.17. The topological polar surface area (TPSA) is 57.0 Å². The summed E-state index contributed by atoms with van der Waals surface area (Å²) in [7, 11) is 1.37. The zero-order chi connectivity index (χ0) is 18.5. The Morgan fingerprint density at radius 3 is 2.50 bits per heavy atom. The van der Waals surface area contributed by atoms with Gasteiger partial charge in [-0.2, -0.15) is 5.10 Å². The summed E-state index contributed by atoms with van der Waals surface area (Å²) in [6.07, 6.45) is 3.47. The lowest BCUT2D eigenvalue weighted by molar-refractivity contribution is -0.133. The van der Waals surface area contributed by atoms with Gasteiger partial charge in [0.15, 0.2) is 0 Å². The van der Waals surface area contributed by atoms with E-state index in [0.717, 1.165) is 17.0 Å². The van der Waals surface area contributed by atoms with Gasteiger partial charge in [-0.15, -0.1) is 0 Å². The number of nitrogens with zero attached hydrogens (tertiary/aromatic N) is 3. The first-order valence-electron chi connectivity index (χ1n) is 8.39. The molecule has 0 N–H and O–H groups in total. The summed E-state index contributed by atoms with van der Waals surface area (Å²) in [4.78, 5) is 16.6. The van der Waals surface area contributed by atoms with Crippen LogP contribution in [0.5, 0.6) is 0 Å². The van der Waals surface area contributed by atoms with Crippen LogP contribution in [0.2, 0.25) is 0 Å². The molecule has 0 fully saturated rings. The fraction of sp³-hybridized carbons (Fsp3) is 0.190. The monoisotopic (exact) mass is 347 g/mol. The minimum Gasteiger partial charge on any atom is -0.465 e. The van der Waals surface area contributed by atoms with Gasteiger partial charge >= 0.3 is 5.97 Å². The molecule has 0 unspecified atom stereocenters. The van der Waals surface area contributed by atoms with E-state index in [9.17, 15) is 4.79 Å². The molecule has 0 amide bonds. The standard InChI is InChI=1S/C21H21N3O2/c1-15-18(13-19(21(25)26-3)20-11-7-8-12-22-20)16(2)24(23-15)14-17-9-5-4-6-10-17/h4-13H,14H2,1-3H3/b19-13+. The van der Waals surface area contributed by atoms with E-state index in [1.165, 1.54) is 12.7 Å². The molecule has 26 heavy (non-hydrogen) atoms. The molecule has 5 heteroatoms. The predicted molar refractivity (Wildman–Crippen MR) is 101 cm³/mol. The average molecular weight is 347 g/mol. The largest absolute Gasteiger partial charge is 0.465 e. The summed E-state index contributed by atoms with van der Waals surface area (Å²) in [6.45, 7) is 4.62. The molecule has 132 valence electrons. The molecular weight excluding hydrogens is 326 g/mol. The number of rotatable bonds is 5. The van der Waals surface area contributed by atoms with Crippen molar-refractivity contribution in [2.24, 2.45) is 0 Å². The molecule has 2 aromatic heterocycles. The van der Waals surface area contributed by atoms with Crippen LogP contribution in [-0.4, -0.2) is 27.8 Å². The maximum Gasteiger partial charge on any atom is 0.340 e. The molecule has 0 saturated heterocycles. The van der Waals surface area contributed by atoms with Crippen molar-refractivity contribution >= 4 is 17.6 Å². The highest BCUT2D eigenvalue weighted by atomic mass is 16.5. The average Bonchev–Trinajstić information content (AvgIpc) is 2.94. The Labute approximate surface area is 153 Å². The molecule has 5 nitrogen and oxygen atoms in total. The summed E-state index contributed by atoms with van der Waals surface area (Å²) in [5.74, 6) is -0.418. The Balaban J connectivity index is 2.02. The van der Waals surface area contributed by atoms with Crippen molar-refractivity contribution in [1.29, 1.82) is 0 Å². The first-order chi connectivity index (χ1) is 12.6. The lowest BCUT2D eigenvalue weighted by Gasteiger charge is -2.06. The maximum atomic E-state index is 12.3. The van der Waals surface area contributed by atoms with Gasteiger partial charge in [-0.05, 0) is 37.6 Å². The molecule has 0 saturated carbocycles. The fourth-order valence-corrected chi connectivity index (χ4v) is 2.84.